The fourth-order valence-corrected chi connectivity index (χ4v) is 2.29. The Morgan fingerprint density at radius 1 is 1.42 bits per heavy atom. The molecule has 1 heterocycles. The summed E-state index contributed by atoms with van der Waals surface area (Å²) in [6, 6.07) is 3.69. The van der Waals surface area contributed by atoms with Gasteiger partial charge in [0.2, 0.25) is 5.43 Å². The average Bonchev–Trinajstić information content (AvgIpc) is 3.22. The Labute approximate surface area is 108 Å². The average molecular weight is 259 g/mol. The van der Waals surface area contributed by atoms with Gasteiger partial charge in [0, 0.05) is 6.20 Å². The molecular weight excluding hydrogens is 246 g/mol. The van der Waals surface area contributed by atoms with Crippen LogP contribution in [0.2, 0.25) is 0 Å². The van der Waals surface area contributed by atoms with Crippen molar-refractivity contribution in [2.24, 2.45) is 0 Å². The zero-order chi connectivity index (χ0) is 13.6. The van der Waals surface area contributed by atoms with Gasteiger partial charge >= 0.3 is 5.97 Å². The van der Waals surface area contributed by atoms with Crippen molar-refractivity contribution in [3.05, 3.63) is 39.7 Å². The predicted molar refractivity (Wildman–Crippen MR) is 70.1 cm³/mol. The molecule has 1 aliphatic rings. The predicted octanol–water partition coefficient (Wildman–Crippen LogP) is 2.11. The molecule has 1 saturated carbocycles. The minimum absolute atomic E-state index is 0.248. The molecule has 0 saturated heterocycles. The first-order valence-corrected chi connectivity index (χ1v) is 6.08. The number of benzene rings is 1. The number of methoxy groups -OCH3 is 1. The number of aromatic carboxylic acids is 1. The smallest absolute Gasteiger partial charge is 0.341 e. The van der Waals surface area contributed by atoms with Crippen molar-refractivity contribution in [1.29, 1.82) is 0 Å². The van der Waals surface area contributed by atoms with Gasteiger partial charge in [0.25, 0.3) is 0 Å². The van der Waals surface area contributed by atoms with Crippen LogP contribution in [0.5, 0.6) is 5.75 Å². The second kappa shape index (κ2) is 4.12. The van der Waals surface area contributed by atoms with Crippen molar-refractivity contribution in [2.45, 2.75) is 18.8 Å². The maximum Gasteiger partial charge on any atom is 0.341 e. The van der Waals surface area contributed by atoms with Gasteiger partial charge in [-0.1, -0.05) is 0 Å². The zero-order valence-corrected chi connectivity index (χ0v) is 10.4. The number of hydrogen-bond donors (Lipinski definition) is 2. The normalized spacial score (nSPS) is 14.6. The Kier molecular flexibility index (Phi) is 2.55. The molecular formula is C14H13NO4. The Balaban J connectivity index is 2.34. The number of carbonyl (C=O) groups is 1. The molecule has 0 atom stereocenters. The standard InChI is InChI=1S/C14H13NO4/c1-19-11-5-8(7-2-3-7)4-9-12(11)15-6-10(13(9)16)14(17)18/h4-7H,2-3H2,1H3,(H,15,16)(H,17,18). The van der Waals surface area contributed by atoms with Gasteiger partial charge < -0.3 is 14.8 Å². The number of nitrogens with one attached hydrogen (secondary N) is 1. The number of aromatic amines is 1. The van der Waals surface area contributed by atoms with Gasteiger partial charge in [-0.2, -0.15) is 0 Å². The third-order valence-electron chi connectivity index (χ3n) is 3.47. The lowest BCUT2D eigenvalue weighted by Crippen LogP contribution is -2.15. The highest BCUT2D eigenvalue weighted by atomic mass is 16.5. The van der Waals surface area contributed by atoms with E-state index in [0.29, 0.717) is 22.6 Å². The summed E-state index contributed by atoms with van der Waals surface area (Å²) in [6.45, 7) is 0. The second-order valence-electron chi connectivity index (χ2n) is 4.76. The Hall–Kier alpha value is -2.30. The Morgan fingerprint density at radius 3 is 2.74 bits per heavy atom. The summed E-state index contributed by atoms with van der Waals surface area (Å²) in [7, 11) is 1.54. The highest BCUT2D eigenvalue weighted by Gasteiger charge is 2.25. The molecule has 1 aromatic carbocycles. The summed E-state index contributed by atoms with van der Waals surface area (Å²) in [5, 5.41) is 9.37. The molecule has 0 aliphatic heterocycles. The molecule has 0 bridgehead atoms. The van der Waals surface area contributed by atoms with Crippen molar-refractivity contribution in [3.8, 4) is 5.75 Å². The van der Waals surface area contributed by atoms with Gasteiger partial charge in [-0.25, -0.2) is 4.79 Å². The van der Waals surface area contributed by atoms with Crippen molar-refractivity contribution in [2.75, 3.05) is 7.11 Å². The van der Waals surface area contributed by atoms with E-state index in [1.54, 1.807) is 6.07 Å². The van der Waals surface area contributed by atoms with Gasteiger partial charge in [0.1, 0.15) is 11.3 Å². The molecule has 2 aromatic rings. The lowest BCUT2D eigenvalue weighted by atomic mass is 10.0. The first-order chi connectivity index (χ1) is 9.11. The fourth-order valence-electron chi connectivity index (χ4n) is 2.29. The third kappa shape index (κ3) is 1.87. The number of hydrogen-bond acceptors (Lipinski definition) is 3. The highest BCUT2D eigenvalue weighted by molar-refractivity contribution is 5.94. The fraction of sp³-hybridized carbons (Fsp3) is 0.286. The molecule has 0 spiro atoms. The van der Waals surface area contributed by atoms with Gasteiger partial charge in [0.15, 0.2) is 0 Å². The summed E-state index contributed by atoms with van der Waals surface area (Å²) >= 11 is 0. The number of pyridine rings is 1. The topological polar surface area (TPSA) is 79.4 Å². The van der Waals surface area contributed by atoms with Gasteiger partial charge in [-0.05, 0) is 36.5 Å². The molecule has 1 aliphatic carbocycles. The molecule has 0 radical (unpaired) electrons. The van der Waals surface area contributed by atoms with Crippen molar-refractivity contribution in [3.63, 3.8) is 0 Å². The minimum Gasteiger partial charge on any atom is -0.495 e. The van der Waals surface area contributed by atoms with Crippen LogP contribution >= 0.6 is 0 Å². The van der Waals surface area contributed by atoms with Crippen LogP contribution in [0, 0.1) is 0 Å². The number of H-pyrrole nitrogens is 1. The van der Waals surface area contributed by atoms with Crippen LogP contribution in [-0.4, -0.2) is 23.2 Å². The first-order valence-electron chi connectivity index (χ1n) is 6.08. The van der Waals surface area contributed by atoms with Gasteiger partial charge in [-0.15, -0.1) is 0 Å². The van der Waals surface area contributed by atoms with Crippen molar-refractivity contribution in [1.82, 2.24) is 4.98 Å². The van der Waals surface area contributed by atoms with E-state index in [1.165, 1.54) is 13.3 Å². The van der Waals surface area contributed by atoms with Crippen LogP contribution in [0.3, 0.4) is 0 Å². The monoisotopic (exact) mass is 259 g/mol. The van der Waals surface area contributed by atoms with Crippen LogP contribution in [0.4, 0.5) is 0 Å². The summed E-state index contributed by atoms with van der Waals surface area (Å²) < 4.78 is 5.28. The number of fused-ring (bicyclic) bond motifs is 1. The van der Waals surface area contributed by atoms with E-state index in [2.05, 4.69) is 4.98 Å². The van der Waals surface area contributed by atoms with Crippen LogP contribution in [0.15, 0.2) is 23.1 Å². The lowest BCUT2D eigenvalue weighted by Gasteiger charge is -2.09. The maximum absolute atomic E-state index is 12.2. The zero-order valence-electron chi connectivity index (χ0n) is 10.4. The van der Waals surface area contributed by atoms with Crippen LogP contribution in [-0.2, 0) is 0 Å². The van der Waals surface area contributed by atoms with Crippen molar-refractivity contribution >= 4 is 16.9 Å². The van der Waals surface area contributed by atoms with Gasteiger partial charge in [0.05, 0.1) is 18.0 Å². The molecule has 19 heavy (non-hydrogen) atoms. The quantitative estimate of drug-likeness (QED) is 0.884. The van der Waals surface area contributed by atoms with Gasteiger partial charge in [-0.3, -0.25) is 4.79 Å². The minimum atomic E-state index is -1.22. The summed E-state index contributed by atoms with van der Waals surface area (Å²) in [4.78, 5) is 26.0. The summed E-state index contributed by atoms with van der Waals surface area (Å²) in [6.07, 6.45) is 3.42. The molecule has 98 valence electrons. The van der Waals surface area contributed by atoms with E-state index in [-0.39, 0.29) is 5.56 Å². The van der Waals surface area contributed by atoms with E-state index in [0.717, 1.165) is 18.4 Å². The molecule has 5 nitrogen and oxygen atoms in total. The van der Waals surface area contributed by atoms with E-state index < -0.39 is 11.4 Å². The summed E-state index contributed by atoms with van der Waals surface area (Å²) in [5.74, 6) is -0.182. The molecule has 2 N–H and O–H groups in total. The first kappa shape index (κ1) is 11.8. The molecule has 5 heteroatoms. The maximum atomic E-state index is 12.2. The highest BCUT2D eigenvalue weighted by Crippen LogP contribution is 2.42. The van der Waals surface area contributed by atoms with Crippen LogP contribution < -0.4 is 10.2 Å². The van der Waals surface area contributed by atoms with Crippen LogP contribution in [0.25, 0.3) is 10.9 Å². The Morgan fingerprint density at radius 2 is 2.16 bits per heavy atom. The summed E-state index contributed by atoms with van der Waals surface area (Å²) in [5.41, 5.74) is 0.865. The van der Waals surface area contributed by atoms with E-state index >= 15 is 0 Å². The number of carboxylic acid groups (broad SMARTS) is 1. The van der Waals surface area contributed by atoms with Crippen LogP contribution in [0.1, 0.15) is 34.7 Å². The Bertz CT molecular complexity index is 728. The molecule has 3 rings (SSSR count). The lowest BCUT2D eigenvalue weighted by molar-refractivity contribution is 0.0695. The van der Waals surface area contributed by atoms with E-state index in [9.17, 15) is 9.59 Å². The van der Waals surface area contributed by atoms with E-state index in [1.807, 2.05) is 6.07 Å². The molecule has 0 unspecified atom stereocenters. The van der Waals surface area contributed by atoms with E-state index in [4.69, 9.17) is 9.84 Å². The molecule has 0 amide bonds. The number of rotatable bonds is 3. The van der Waals surface area contributed by atoms with Crippen molar-refractivity contribution < 1.29 is 14.6 Å². The molecule has 1 aromatic heterocycles. The largest absolute Gasteiger partial charge is 0.495 e. The third-order valence-corrected chi connectivity index (χ3v) is 3.47. The molecule has 1 fully saturated rings. The number of carboxylic acids is 1. The SMILES string of the molecule is COc1cc(C2CC2)cc2c(=O)c(C(=O)O)c[nH]c12. The number of ether oxygens (including phenoxy) is 1. The number of aromatic nitrogens is 1. The second-order valence-corrected chi connectivity index (χ2v) is 4.76.